The number of benzene rings is 1. The average Bonchev–Trinajstić information content (AvgIpc) is 2.28. The monoisotopic (exact) mass is 257 g/mol. The molecule has 0 aromatic heterocycles. The van der Waals surface area contributed by atoms with E-state index in [1.807, 2.05) is 19.1 Å². The highest BCUT2D eigenvalue weighted by Gasteiger charge is 2.13. The zero-order valence-electron chi connectivity index (χ0n) is 11.1. The molecule has 1 aromatic carbocycles. The molecule has 1 unspecified atom stereocenters. The quantitative estimate of drug-likeness (QED) is 0.797. The predicted molar refractivity (Wildman–Crippen MR) is 68.9 cm³/mol. The molecule has 18 heavy (non-hydrogen) atoms. The molecule has 0 aliphatic heterocycles. The molecule has 4 heteroatoms. The Bertz CT molecular complexity index is 355. The molecule has 1 aromatic rings. The Balaban J connectivity index is 2.63. The van der Waals surface area contributed by atoms with E-state index in [4.69, 9.17) is 0 Å². The van der Waals surface area contributed by atoms with E-state index in [0.717, 1.165) is 18.5 Å². The van der Waals surface area contributed by atoms with Crippen molar-refractivity contribution in [3.05, 3.63) is 29.8 Å². The number of para-hydroxylation sites is 1. The van der Waals surface area contributed by atoms with Crippen molar-refractivity contribution in [3.8, 4) is 5.75 Å². The minimum absolute atomic E-state index is 0.00120. The van der Waals surface area contributed by atoms with Crippen LogP contribution in [0.3, 0.4) is 0 Å². The van der Waals surface area contributed by atoms with Crippen LogP contribution in [0.15, 0.2) is 24.3 Å². The van der Waals surface area contributed by atoms with Crippen LogP contribution >= 0.6 is 0 Å². The number of hydrogen-bond acceptors (Lipinski definition) is 2. The Kier molecular flexibility index (Phi) is 6.05. The van der Waals surface area contributed by atoms with Crippen LogP contribution in [0.5, 0.6) is 5.75 Å². The molecule has 1 atom stereocenters. The highest BCUT2D eigenvalue weighted by atomic mass is 19.3. The minimum atomic E-state index is -2.78. The number of ether oxygens (including phenoxy) is 1. The Morgan fingerprint density at radius 2 is 1.83 bits per heavy atom. The molecule has 0 aliphatic carbocycles. The van der Waals surface area contributed by atoms with E-state index >= 15 is 0 Å². The molecule has 0 radical (unpaired) electrons. The summed E-state index contributed by atoms with van der Waals surface area (Å²) in [5.74, 6) is 0.870. The Hall–Kier alpha value is -1.16. The second kappa shape index (κ2) is 7.31. The van der Waals surface area contributed by atoms with Crippen molar-refractivity contribution in [3.63, 3.8) is 0 Å². The lowest BCUT2D eigenvalue weighted by Gasteiger charge is -2.18. The summed E-state index contributed by atoms with van der Waals surface area (Å²) >= 11 is 0. The molecular weight excluding hydrogens is 236 g/mol. The fourth-order valence-electron chi connectivity index (χ4n) is 1.74. The maximum absolute atomic E-state index is 12.3. The van der Waals surface area contributed by atoms with Gasteiger partial charge in [-0.05, 0) is 31.9 Å². The van der Waals surface area contributed by atoms with Crippen molar-refractivity contribution < 1.29 is 13.5 Å². The lowest BCUT2D eigenvalue weighted by molar-refractivity contribution is -0.0506. The van der Waals surface area contributed by atoms with Gasteiger partial charge < -0.3 is 10.1 Å². The summed E-state index contributed by atoms with van der Waals surface area (Å²) in [5.41, 5.74) is 0.765. The van der Waals surface area contributed by atoms with Gasteiger partial charge in [0, 0.05) is 11.6 Å². The molecule has 0 spiro atoms. The van der Waals surface area contributed by atoms with Crippen molar-refractivity contribution in [2.75, 3.05) is 6.54 Å². The zero-order valence-corrected chi connectivity index (χ0v) is 11.1. The third kappa shape index (κ3) is 5.00. The molecule has 0 saturated heterocycles. The summed E-state index contributed by atoms with van der Waals surface area (Å²) in [5, 5.41) is 3.32. The summed E-state index contributed by atoms with van der Waals surface area (Å²) in [6, 6.07) is 6.90. The Morgan fingerprint density at radius 3 is 2.44 bits per heavy atom. The van der Waals surface area contributed by atoms with E-state index < -0.39 is 6.61 Å². The number of alkyl halides is 2. The predicted octanol–water partition coefficient (Wildman–Crippen LogP) is 3.98. The van der Waals surface area contributed by atoms with E-state index in [2.05, 4.69) is 23.9 Å². The molecule has 0 amide bonds. The first-order valence-electron chi connectivity index (χ1n) is 6.27. The Morgan fingerprint density at radius 1 is 1.17 bits per heavy atom. The maximum Gasteiger partial charge on any atom is 0.387 e. The van der Waals surface area contributed by atoms with Crippen LogP contribution in [0, 0.1) is 5.92 Å². The van der Waals surface area contributed by atoms with Gasteiger partial charge in [0.15, 0.2) is 0 Å². The topological polar surface area (TPSA) is 21.3 Å². The van der Waals surface area contributed by atoms with Crippen LogP contribution in [0.4, 0.5) is 8.78 Å². The van der Waals surface area contributed by atoms with Crippen LogP contribution < -0.4 is 10.1 Å². The molecule has 102 valence electrons. The van der Waals surface area contributed by atoms with Crippen LogP contribution in [-0.2, 0) is 0 Å². The molecule has 1 N–H and O–H groups in total. The van der Waals surface area contributed by atoms with Gasteiger partial charge >= 0.3 is 6.61 Å². The van der Waals surface area contributed by atoms with E-state index in [1.54, 1.807) is 12.1 Å². The third-order valence-corrected chi connectivity index (χ3v) is 2.77. The molecule has 0 saturated carbocycles. The van der Waals surface area contributed by atoms with Crippen molar-refractivity contribution in [2.45, 2.75) is 39.8 Å². The standard InChI is InChI=1S/C14H21F2NO/c1-10(2)8-9-17-11(3)12-6-4-5-7-13(12)18-14(15)16/h4-7,10-11,14,17H,8-9H2,1-3H3. The van der Waals surface area contributed by atoms with Gasteiger partial charge in [0.05, 0.1) is 0 Å². The molecule has 0 fully saturated rings. The number of rotatable bonds is 7. The van der Waals surface area contributed by atoms with Gasteiger partial charge in [-0.3, -0.25) is 0 Å². The fraction of sp³-hybridized carbons (Fsp3) is 0.571. The van der Waals surface area contributed by atoms with Crippen molar-refractivity contribution in [2.24, 2.45) is 5.92 Å². The first kappa shape index (κ1) is 14.9. The van der Waals surface area contributed by atoms with Crippen LogP contribution in [0.2, 0.25) is 0 Å². The highest BCUT2D eigenvalue weighted by Crippen LogP contribution is 2.26. The van der Waals surface area contributed by atoms with E-state index in [-0.39, 0.29) is 11.8 Å². The fourth-order valence-corrected chi connectivity index (χ4v) is 1.74. The van der Waals surface area contributed by atoms with Gasteiger partial charge in [0.1, 0.15) is 5.75 Å². The molecule has 2 nitrogen and oxygen atoms in total. The van der Waals surface area contributed by atoms with Gasteiger partial charge in [-0.2, -0.15) is 8.78 Å². The molecular formula is C14H21F2NO. The van der Waals surface area contributed by atoms with Gasteiger partial charge in [0.25, 0.3) is 0 Å². The van der Waals surface area contributed by atoms with Crippen LogP contribution in [0.25, 0.3) is 0 Å². The molecule has 0 aliphatic rings. The molecule has 0 bridgehead atoms. The normalized spacial score (nSPS) is 13.1. The number of hydrogen-bond donors (Lipinski definition) is 1. The average molecular weight is 257 g/mol. The second-order valence-electron chi connectivity index (χ2n) is 4.77. The second-order valence-corrected chi connectivity index (χ2v) is 4.77. The largest absolute Gasteiger partial charge is 0.434 e. The number of halogens is 2. The molecule has 1 rings (SSSR count). The summed E-state index contributed by atoms with van der Waals surface area (Å²) in [6.45, 7) is 4.34. The smallest absolute Gasteiger partial charge is 0.387 e. The van der Waals surface area contributed by atoms with Gasteiger partial charge in [-0.25, -0.2) is 0 Å². The van der Waals surface area contributed by atoms with Crippen molar-refractivity contribution >= 4 is 0 Å². The van der Waals surface area contributed by atoms with Gasteiger partial charge in [0.2, 0.25) is 0 Å². The van der Waals surface area contributed by atoms with Crippen molar-refractivity contribution in [1.82, 2.24) is 5.32 Å². The summed E-state index contributed by atoms with van der Waals surface area (Å²) in [6.07, 6.45) is 1.06. The van der Waals surface area contributed by atoms with E-state index in [0.29, 0.717) is 5.92 Å². The van der Waals surface area contributed by atoms with Crippen LogP contribution in [-0.4, -0.2) is 13.2 Å². The van der Waals surface area contributed by atoms with Gasteiger partial charge in [-0.1, -0.05) is 32.0 Å². The lowest BCUT2D eigenvalue weighted by Crippen LogP contribution is -2.21. The Labute approximate surface area is 107 Å². The third-order valence-electron chi connectivity index (χ3n) is 2.77. The minimum Gasteiger partial charge on any atom is -0.434 e. The zero-order chi connectivity index (χ0) is 13.5. The van der Waals surface area contributed by atoms with Crippen molar-refractivity contribution in [1.29, 1.82) is 0 Å². The number of nitrogens with one attached hydrogen (secondary N) is 1. The summed E-state index contributed by atoms with van der Waals surface area (Å²) < 4.78 is 29.1. The lowest BCUT2D eigenvalue weighted by atomic mass is 10.1. The molecule has 0 heterocycles. The first-order valence-corrected chi connectivity index (χ1v) is 6.27. The highest BCUT2D eigenvalue weighted by molar-refractivity contribution is 5.35. The summed E-state index contributed by atoms with van der Waals surface area (Å²) in [7, 11) is 0. The van der Waals surface area contributed by atoms with E-state index in [9.17, 15) is 8.78 Å². The van der Waals surface area contributed by atoms with Gasteiger partial charge in [-0.15, -0.1) is 0 Å². The van der Waals surface area contributed by atoms with E-state index in [1.165, 1.54) is 0 Å². The van der Waals surface area contributed by atoms with Crippen LogP contribution in [0.1, 0.15) is 38.8 Å². The maximum atomic E-state index is 12.3. The SMILES string of the molecule is CC(C)CCNC(C)c1ccccc1OC(F)F. The summed E-state index contributed by atoms with van der Waals surface area (Å²) in [4.78, 5) is 0. The first-order chi connectivity index (χ1) is 8.50.